The predicted molar refractivity (Wildman–Crippen MR) is 382 cm³/mol. The van der Waals surface area contributed by atoms with Crippen molar-refractivity contribution in [3.05, 3.63) is 0 Å². The van der Waals surface area contributed by atoms with E-state index in [1.54, 1.807) is 0 Å². The van der Waals surface area contributed by atoms with Gasteiger partial charge in [-0.3, -0.25) is 37.3 Å². The van der Waals surface area contributed by atoms with E-state index >= 15 is 0 Å². The number of carbonyl (C=O) groups excluding carboxylic acids is 4. The van der Waals surface area contributed by atoms with E-state index in [1.165, 1.54) is 218 Å². The minimum atomic E-state index is -4.96. The lowest BCUT2D eigenvalue weighted by Crippen LogP contribution is -2.30. The third-order valence-corrected chi connectivity index (χ3v) is 19.4. The van der Waals surface area contributed by atoms with E-state index < -0.39 is 97.5 Å². The number of aliphatic hydroxyl groups excluding tert-OH is 1. The first-order valence-electron chi connectivity index (χ1n) is 39.1. The smallest absolute Gasteiger partial charge is 0.462 e. The quantitative estimate of drug-likeness (QED) is 0.0222. The minimum Gasteiger partial charge on any atom is -0.462 e. The van der Waals surface area contributed by atoms with Crippen molar-refractivity contribution in [2.75, 3.05) is 39.6 Å². The van der Waals surface area contributed by atoms with Gasteiger partial charge in [0.25, 0.3) is 0 Å². The van der Waals surface area contributed by atoms with Crippen molar-refractivity contribution < 1.29 is 80.2 Å². The van der Waals surface area contributed by atoms with Crippen molar-refractivity contribution in [3.63, 3.8) is 0 Å². The van der Waals surface area contributed by atoms with Crippen LogP contribution in [-0.4, -0.2) is 96.7 Å². The van der Waals surface area contributed by atoms with Crippen LogP contribution in [0.3, 0.4) is 0 Å². The minimum absolute atomic E-state index is 0.104. The molecule has 0 amide bonds. The first-order chi connectivity index (χ1) is 45.5. The van der Waals surface area contributed by atoms with Crippen LogP contribution in [0.15, 0.2) is 0 Å². The zero-order chi connectivity index (χ0) is 69.1. The number of ether oxygens (including phenoxy) is 4. The van der Waals surface area contributed by atoms with Gasteiger partial charge in [0.15, 0.2) is 12.2 Å². The fraction of sp³-hybridized carbons (Fsp3) is 0.947. The Morgan fingerprint density at radius 2 is 0.489 bits per heavy atom. The van der Waals surface area contributed by atoms with Gasteiger partial charge in [0.1, 0.15) is 19.3 Å². The lowest BCUT2D eigenvalue weighted by Gasteiger charge is -2.21. The summed E-state index contributed by atoms with van der Waals surface area (Å²) in [5.74, 6) is -1.42. The molecule has 2 unspecified atom stereocenters. The maximum absolute atomic E-state index is 13.1. The summed E-state index contributed by atoms with van der Waals surface area (Å²) in [5.41, 5.74) is 0. The normalized spacial score (nSPS) is 14.0. The van der Waals surface area contributed by atoms with Gasteiger partial charge < -0.3 is 33.8 Å². The van der Waals surface area contributed by atoms with E-state index in [0.717, 1.165) is 89.9 Å². The summed E-state index contributed by atoms with van der Waals surface area (Å²) >= 11 is 0. The topological polar surface area (TPSA) is 237 Å². The maximum Gasteiger partial charge on any atom is 0.472 e. The summed E-state index contributed by atoms with van der Waals surface area (Å²) in [4.78, 5) is 72.7. The zero-order valence-corrected chi connectivity index (χ0v) is 62.9. The van der Waals surface area contributed by atoms with Crippen molar-refractivity contribution in [2.45, 2.75) is 412 Å². The fourth-order valence-corrected chi connectivity index (χ4v) is 13.1. The van der Waals surface area contributed by atoms with Gasteiger partial charge in [-0.2, -0.15) is 0 Å². The molecule has 17 nitrogen and oxygen atoms in total. The van der Waals surface area contributed by atoms with Crippen molar-refractivity contribution in [1.29, 1.82) is 0 Å². The second-order valence-electron chi connectivity index (χ2n) is 27.5. The Kier molecular flexibility index (Phi) is 66.8. The monoisotopic (exact) mass is 1380 g/mol. The van der Waals surface area contributed by atoms with Gasteiger partial charge in [-0.05, 0) is 31.6 Å². The molecule has 0 aliphatic carbocycles. The van der Waals surface area contributed by atoms with Crippen molar-refractivity contribution >= 4 is 39.5 Å². The molecule has 558 valence electrons. The molecule has 5 atom stereocenters. The molecule has 0 rings (SSSR count). The highest BCUT2D eigenvalue weighted by Crippen LogP contribution is 2.45. The van der Waals surface area contributed by atoms with E-state index in [1.807, 2.05) is 0 Å². The standard InChI is InChI=1S/C75H146O17P2/c1-6-9-12-15-18-21-24-26-28-29-30-31-32-33-35-37-40-45-50-55-60-74(79)91-70(64-86-73(78)59-54-49-44-39-36-34-27-25-22-19-16-13-10-7-2)66-89-93(81,82)87-62-69(76)63-88-94(83,84)90-67-71(92-75(80)61-56-51-46-41-42-47-52-57-68(4)5)65-85-72(77)58-53-48-43-38-23-20-17-14-11-8-3/h68-71,76H,6-67H2,1-5H3,(H,81,82)(H,83,84)/t69-,70-,71-/m1/s1. The second kappa shape index (κ2) is 68.2. The second-order valence-corrected chi connectivity index (χ2v) is 30.4. The van der Waals surface area contributed by atoms with Gasteiger partial charge >= 0.3 is 39.5 Å². The van der Waals surface area contributed by atoms with Gasteiger partial charge in [0.05, 0.1) is 26.4 Å². The van der Waals surface area contributed by atoms with Crippen LogP contribution in [0.1, 0.15) is 394 Å². The largest absolute Gasteiger partial charge is 0.472 e. The fourth-order valence-electron chi connectivity index (χ4n) is 11.5. The van der Waals surface area contributed by atoms with Gasteiger partial charge in [0.2, 0.25) is 0 Å². The van der Waals surface area contributed by atoms with Crippen LogP contribution in [0.5, 0.6) is 0 Å². The molecule has 3 N–H and O–H groups in total. The SMILES string of the molecule is CCCCCCCCCCCCCCCCCCCCCCC(=O)O[C@H](COC(=O)CCCCCCCCCCCCCCCC)COP(=O)(O)OC[C@@H](O)COP(=O)(O)OC[C@@H](COC(=O)CCCCCCCCCCCC)OC(=O)CCCCCCCCCC(C)C. The molecule has 0 aliphatic rings. The first-order valence-corrected chi connectivity index (χ1v) is 42.1. The van der Waals surface area contributed by atoms with Crippen molar-refractivity contribution in [3.8, 4) is 0 Å². The van der Waals surface area contributed by atoms with E-state index in [2.05, 4.69) is 34.6 Å². The van der Waals surface area contributed by atoms with E-state index in [9.17, 15) is 43.2 Å². The highest BCUT2D eigenvalue weighted by molar-refractivity contribution is 7.47. The summed E-state index contributed by atoms with van der Waals surface area (Å²) in [5, 5.41) is 10.6. The third-order valence-electron chi connectivity index (χ3n) is 17.5. The van der Waals surface area contributed by atoms with Gasteiger partial charge in [-0.25, -0.2) is 9.13 Å². The Hall–Kier alpha value is -1.94. The number of phosphoric ester groups is 2. The van der Waals surface area contributed by atoms with Crippen LogP contribution in [0, 0.1) is 5.92 Å². The summed E-state index contributed by atoms with van der Waals surface area (Å²) in [6, 6.07) is 0. The number of carbonyl (C=O) groups is 4. The van der Waals surface area contributed by atoms with Crippen LogP contribution in [-0.2, 0) is 65.4 Å². The van der Waals surface area contributed by atoms with Crippen LogP contribution in [0.4, 0.5) is 0 Å². The van der Waals surface area contributed by atoms with Gasteiger partial charge in [-0.1, -0.05) is 343 Å². The number of hydrogen-bond donors (Lipinski definition) is 3. The Bertz CT molecular complexity index is 1810. The highest BCUT2D eigenvalue weighted by Gasteiger charge is 2.30. The summed E-state index contributed by atoms with van der Waals surface area (Å²) in [6.07, 6.45) is 57.0. The molecule has 0 aromatic rings. The number of phosphoric acid groups is 2. The van der Waals surface area contributed by atoms with Crippen molar-refractivity contribution in [1.82, 2.24) is 0 Å². The van der Waals surface area contributed by atoms with Crippen LogP contribution in [0.25, 0.3) is 0 Å². The Morgan fingerprint density at radius 3 is 0.723 bits per heavy atom. The molecule has 0 saturated carbocycles. The average molecular weight is 1380 g/mol. The molecular weight excluding hydrogens is 1230 g/mol. The third kappa shape index (κ3) is 68.6. The van der Waals surface area contributed by atoms with E-state index in [-0.39, 0.29) is 25.7 Å². The molecule has 0 aromatic carbocycles. The number of aliphatic hydroxyl groups is 1. The first kappa shape index (κ1) is 92.1. The molecular formula is C75H146O17P2. The lowest BCUT2D eigenvalue weighted by atomic mass is 10.0. The number of hydrogen-bond acceptors (Lipinski definition) is 15. The highest BCUT2D eigenvalue weighted by atomic mass is 31.2. The molecule has 94 heavy (non-hydrogen) atoms. The van der Waals surface area contributed by atoms with Gasteiger partial charge in [-0.15, -0.1) is 0 Å². The molecule has 19 heteroatoms. The predicted octanol–water partition coefficient (Wildman–Crippen LogP) is 22.1. The molecule has 0 spiro atoms. The summed E-state index contributed by atoms with van der Waals surface area (Å²) in [7, 11) is -9.90. The van der Waals surface area contributed by atoms with Crippen molar-refractivity contribution in [2.24, 2.45) is 5.92 Å². The Labute approximate surface area is 575 Å². The average Bonchev–Trinajstić information content (AvgIpc) is 1.66. The summed E-state index contributed by atoms with van der Waals surface area (Å²) < 4.78 is 68.4. The molecule has 0 heterocycles. The molecule has 0 bridgehead atoms. The van der Waals surface area contributed by atoms with Crippen LogP contribution < -0.4 is 0 Å². The Morgan fingerprint density at radius 1 is 0.287 bits per heavy atom. The molecule has 0 fully saturated rings. The molecule has 0 aliphatic heterocycles. The van der Waals surface area contributed by atoms with E-state index in [4.69, 9.17) is 37.0 Å². The maximum atomic E-state index is 13.1. The summed E-state index contributed by atoms with van der Waals surface area (Å²) in [6.45, 7) is 7.21. The number of esters is 4. The van der Waals surface area contributed by atoms with Crippen LogP contribution >= 0.6 is 15.6 Å². The van der Waals surface area contributed by atoms with E-state index in [0.29, 0.717) is 31.6 Å². The Balaban J connectivity index is 5.20. The van der Waals surface area contributed by atoms with Crippen LogP contribution in [0.2, 0.25) is 0 Å². The number of unbranched alkanes of at least 4 members (excludes halogenated alkanes) is 47. The zero-order valence-electron chi connectivity index (χ0n) is 61.1. The van der Waals surface area contributed by atoms with Gasteiger partial charge in [0, 0.05) is 25.7 Å². The number of rotatable bonds is 75. The molecule has 0 radical (unpaired) electrons. The lowest BCUT2D eigenvalue weighted by molar-refractivity contribution is -0.161. The molecule has 0 aromatic heterocycles. The molecule has 0 saturated heterocycles.